The van der Waals surface area contributed by atoms with Crippen LogP contribution in [0.15, 0.2) is 34.9 Å². The summed E-state index contributed by atoms with van der Waals surface area (Å²) in [6.45, 7) is 5.95. The number of rotatable bonds is 4. The number of aromatic nitrogens is 1. The van der Waals surface area contributed by atoms with E-state index in [-0.39, 0.29) is 11.8 Å². The summed E-state index contributed by atoms with van der Waals surface area (Å²) < 4.78 is 5.18. The highest BCUT2D eigenvalue weighted by molar-refractivity contribution is 5.99. The Morgan fingerprint density at radius 3 is 2.35 bits per heavy atom. The van der Waals surface area contributed by atoms with Crippen molar-refractivity contribution in [1.82, 2.24) is 5.16 Å². The van der Waals surface area contributed by atoms with E-state index in [0.29, 0.717) is 22.8 Å². The summed E-state index contributed by atoms with van der Waals surface area (Å²) in [4.78, 5) is 22.5. The van der Waals surface area contributed by atoms with Crippen molar-refractivity contribution in [2.75, 3.05) is 10.6 Å². The van der Waals surface area contributed by atoms with Gasteiger partial charge in [0, 0.05) is 17.2 Å². The first kappa shape index (κ1) is 16.5. The van der Waals surface area contributed by atoms with Gasteiger partial charge in [-0.2, -0.15) is 0 Å². The minimum absolute atomic E-state index is 0.0546. The highest BCUT2D eigenvalue weighted by Crippen LogP contribution is 2.24. The first-order chi connectivity index (χ1) is 10.7. The third kappa shape index (κ3) is 4.84. The van der Waals surface area contributed by atoms with E-state index in [2.05, 4.69) is 15.8 Å². The Kier molecular flexibility index (Phi) is 4.68. The average Bonchev–Trinajstić information content (AvgIpc) is 2.89. The van der Waals surface area contributed by atoms with Crippen LogP contribution in [0.4, 0.5) is 16.3 Å². The minimum Gasteiger partial charge on any atom is -0.481 e. The van der Waals surface area contributed by atoms with Gasteiger partial charge in [0.05, 0.1) is 6.42 Å². The molecule has 1 aromatic carbocycles. The second-order valence-corrected chi connectivity index (χ2v) is 6.17. The Morgan fingerprint density at radius 2 is 1.83 bits per heavy atom. The molecule has 1 aromatic heterocycles. The predicted molar refractivity (Wildman–Crippen MR) is 85.6 cm³/mol. The number of urea groups is 1. The number of amides is 2. The van der Waals surface area contributed by atoms with Crippen LogP contribution in [-0.2, 0) is 16.6 Å². The fourth-order valence-electron chi connectivity index (χ4n) is 1.85. The van der Waals surface area contributed by atoms with Crippen LogP contribution in [0.3, 0.4) is 0 Å². The van der Waals surface area contributed by atoms with Gasteiger partial charge < -0.3 is 14.9 Å². The van der Waals surface area contributed by atoms with Crippen LogP contribution in [-0.4, -0.2) is 22.3 Å². The Morgan fingerprint density at radius 1 is 1.17 bits per heavy atom. The molecule has 0 aliphatic rings. The van der Waals surface area contributed by atoms with Gasteiger partial charge in [0.1, 0.15) is 5.76 Å². The lowest BCUT2D eigenvalue weighted by atomic mass is 9.93. The second kappa shape index (κ2) is 6.51. The molecule has 1 heterocycles. The van der Waals surface area contributed by atoms with Crippen LogP contribution < -0.4 is 10.6 Å². The molecule has 122 valence electrons. The summed E-state index contributed by atoms with van der Waals surface area (Å²) in [5.74, 6) is 0.102. The molecule has 7 heteroatoms. The van der Waals surface area contributed by atoms with E-state index in [1.807, 2.05) is 20.8 Å². The van der Waals surface area contributed by atoms with Crippen molar-refractivity contribution in [2.24, 2.45) is 0 Å². The van der Waals surface area contributed by atoms with E-state index in [1.165, 1.54) is 0 Å². The van der Waals surface area contributed by atoms with Gasteiger partial charge >= 0.3 is 12.0 Å². The zero-order valence-corrected chi connectivity index (χ0v) is 13.2. The summed E-state index contributed by atoms with van der Waals surface area (Å²) >= 11 is 0. The molecule has 0 radical (unpaired) electrons. The molecule has 0 unspecified atom stereocenters. The van der Waals surface area contributed by atoms with E-state index in [9.17, 15) is 9.59 Å². The molecule has 0 spiro atoms. The van der Waals surface area contributed by atoms with Crippen LogP contribution in [0.2, 0.25) is 0 Å². The van der Waals surface area contributed by atoms with Gasteiger partial charge in [0.15, 0.2) is 5.82 Å². The monoisotopic (exact) mass is 317 g/mol. The lowest BCUT2D eigenvalue weighted by molar-refractivity contribution is -0.136. The lowest BCUT2D eigenvalue weighted by Crippen LogP contribution is -2.19. The number of benzene rings is 1. The number of carbonyl (C=O) groups is 2. The average molecular weight is 317 g/mol. The highest BCUT2D eigenvalue weighted by atomic mass is 16.5. The predicted octanol–water partition coefficient (Wildman–Crippen LogP) is 3.24. The molecule has 0 bridgehead atoms. The van der Waals surface area contributed by atoms with Crippen LogP contribution in [0.25, 0.3) is 0 Å². The number of nitrogens with one attached hydrogen (secondary N) is 2. The van der Waals surface area contributed by atoms with E-state index < -0.39 is 12.0 Å². The number of hydrogen-bond acceptors (Lipinski definition) is 4. The SMILES string of the molecule is CC(C)(C)c1cc(NC(=O)Nc2ccc(CC(=O)O)cc2)no1. The third-order valence-electron chi connectivity index (χ3n) is 3.06. The number of nitrogens with zero attached hydrogens (tertiary/aromatic N) is 1. The van der Waals surface area contributed by atoms with E-state index >= 15 is 0 Å². The molecule has 2 aromatic rings. The van der Waals surface area contributed by atoms with Gasteiger partial charge in [0.25, 0.3) is 0 Å². The second-order valence-electron chi connectivity index (χ2n) is 6.17. The fraction of sp³-hybridized carbons (Fsp3) is 0.312. The highest BCUT2D eigenvalue weighted by Gasteiger charge is 2.20. The maximum absolute atomic E-state index is 11.9. The van der Waals surface area contributed by atoms with Crippen LogP contribution in [0.1, 0.15) is 32.1 Å². The topological polar surface area (TPSA) is 104 Å². The molecule has 0 saturated carbocycles. The summed E-state index contributed by atoms with van der Waals surface area (Å²) in [5, 5.41) is 17.7. The summed E-state index contributed by atoms with van der Waals surface area (Å²) in [6.07, 6.45) is -0.0546. The Hall–Kier alpha value is -2.83. The van der Waals surface area contributed by atoms with E-state index in [0.717, 1.165) is 0 Å². The van der Waals surface area contributed by atoms with Gasteiger partial charge in [0.2, 0.25) is 0 Å². The molecule has 0 saturated heterocycles. The molecular formula is C16H19N3O4. The number of anilines is 2. The van der Waals surface area contributed by atoms with Crippen molar-refractivity contribution in [3.05, 3.63) is 41.7 Å². The fourth-order valence-corrected chi connectivity index (χ4v) is 1.85. The van der Waals surface area contributed by atoms with Crippen LogP contribution in [0.5, 0.6) is 0 Å². The van der Waals surface area contributed by atoms with Crippen molar-refractivity contribution >= 4 is 23.5 Å². The number of aliphatic carboxylic acids is 1. The zero-order valence-electron chi connectivity index (χ0n) is 13.2. The molecule has 0 aliphatic carbocycles. The van der Waals surface area contributed by atoms with Gasteiger partial charge in [-0.3, -0.25) is 10.1 Å². The van der Waals surface area contributed by atoms with Gasteiger partial charge in [-0.25, -0.2) is 4.79 Å². The number of carboxylic acids is 1. The van der Waals surface area contributed by atoms with Crippen molar-refractivity contribution in [3.8, 4) is 0 Å². The molecular weight excluding hydrogens is 298 g/mol. The standard InChI is InChI=1S/C16H19N3O4/c1-16(2,3)12-9-13(19-23-12)18-15(22)17-11-6-4-10(5-7-11)8-14(20)21/h4-7,9H,8H2,1-3H3,(H,20,21)(H2,17,18,19,22). The third-order valence-corrected chi connectivity index (χ3v) is 3.06. The Bertz CT molecular complexity index is 699. The van der Waals surface area contributed by atoms with E-state index in [4.69, 9.17) is 9.63 Å². The first-order valence-electron chi connectivity index (χ1n) is 7.10. The molecule has 0 aliphatic heterocycles. The maximum atomic E-state index is 11.9. The minimum atomic E-state index is -0.899. The lowest BCUT2D eigenvalue weighted by Gasteiger charge is -2.12. The van der Waals surface area contributed by atoms with Gasteiger partial charge in [-0.05, 0) is 17.7 Å². The van der Waals surface area contributed by atoms with E-state index in [1.54, 1.807) is 30.3 Å². The van der Waals surface area contributed by atoms with Crippen molar-refractivity contribution in [2.45, 2.75) is 32.6 Å². The summed E-state index contributed by atoms with van der Waals surface area (Å²) in [7, 11) is 0. The molecule has 0 atom stereocenters. The van der Waals surface area contributed by atoms with Crippen molar-refractivity contribution < 1.29 is 19.2 Å². The normalized spacial score (nSPS) is 11.1. The maximum Gasteiger partial charge on any atom is 0.324 e. The molecule has 23 heavy (non-hydrogen) atoms. The molecule has 0 fully saturated rings. The van der Waals surface area contributed by atoms with Gasteiger partial charge in [-0.15, -0.1) is 0 Å². The summed E-state index contributed by atoms with van der Waals surface area (Å²) in [5.41, 5.74) is 1.02. The van der Waals surface area contributed by atoms with Crippen LogP contribution in [0, 0.1) is 0 Å². The van der Waals surface area contributed by atoms with Crippen molar-refractivity contribution in [1.29, 1.82) is 0 Å². The quantitative estimate of drug-likeness (QED) is 0.803. The Balaban J connectivity index is 1.94. The van der Waals surface area contributed by atoms with Crippen molar-refractivity contribution in [3.63, 3.8) is 0 Å². The smallest absolute Gasteiger partial charge is 0.324 e. The number of carbonyl (C=O) groups excluding carboxylic acids is 1. The van der Waals surface area contributed by atoms with Gasteiger partial charge in [-0.1, -0.05) is 38.1 Å². The Labute approximate surface area is 133 Å². The molecule has 3 N–H and O–H groups in total. The molecule has 7 nitrogen and oxygen atoms in total. The summed E-state index contributed by atoms with van der Waals surface area (Å²) in [6, 6.07) is 7.80. The van der Waals surface area contributed by atoms with Crippen LogP contribution >= 0.6 is 0 Å². The number of carboxylic acid groups (broad SMARTS) is 1. The zero-order chi connectivity index (χ0) is 17.0. The molecule has 2 rings (SSSR count). The first-order valence-corrected chi connectivity index (χ1v) is 7.10. The number of hydrogen-bond donors (Lipinski definition) is 3. The largest absolute Gasteiger partial charge is 0.481 e. The molecule has 2 amide bonds.